The Morgan fingerprint density at radius 3 is 2.38 bits per heavy atom. The summed E-state index contributed by atoms with van der Waals surface area (Å²) >= 11 is 0. The van der Waals surface area contributed by atoms with Crippen LogP contribution in [0.25, 0.3) is 0 Å². The van der Waals surface area contributed by atoms with Gasteiger partial charge >= 0.3 is 6.18 Å². The first-order chi connectivity index (χ1) is 13.9. The fourth-order valence-corrected chi connectivity index (χ4v) is 3.34. The van der Waals surface area contributed by atoms with Crippen LogP contribution in [0.2, 0.25) is 0 Å². The molecule has 29 heavy (non-hydrogen) atoms. The minimum atomic E-state index is -4.47. The summed E-state index contributed by atoms with van der Waals surface area (Å²) < 4.78 is 45.1. The smallest absolute Gasteiger partial charge is 0.416 e. The molecular weight excluding hydrogens is 381 g/mol. The van der Waals surface area contributed by atoms with Gasteiger partial charge in [0.05, 0.1) is 23.5 Å². The number of anilines is 2. The van der Waals surface area contributed by atoms with Gasteiger partial charge in [-0.1, -0.05) is 6.92 Å². The fraction of sp³-hybridized carbons (Fsp3) is 0.409. The van der Waals surface area contributed by atoms with Gasteiger partial charge in [0, 0.05) is 18.7 Å². The van der Waals surface area contributed by atoms with E-state index >= 15 is 0 Å². The topological polar surface area (TPSA) is 41.6 Å². The van der Waals surface area contributed by atoms with Crippen LogP contribution in [0.5, 0.6) is 5.75 Å². The maximum Gasteiger partial charge on any atom is 0.416 e. The molecule has 2 aromatic carbocycles. The van der Waals surface area contributed by atoms with Gasteiger partial charge in [-0.15, -0.1) is 0 Å². The summed E-state index contributed by atoms with van der Waals surface area (Å²) in [4.78, 5) is 14.7. The average molecular weight is 406 g/mol. The van der Waals surface area contributed by atoms with Crippen molar-refractivity contribution in [3.63, 3.8) is 0 Å². The van der Waals surface area contributed by atoms with Crippen LogP contribution in [0.3, 0.4) is 0 Å². The van der Waals surface area contributed by atoms with Crippen molar-refractivity contribution in [3.8, 4) is 5.75 Å². The Kier molecular flexibility index (Phi) is 6.67. The second kappa shape index (κ2) is 9.20. The number of carbonyl (C=O) groups is 1. The maximum absolute atomic E-state index is 13.2. The first-order valence-corrected chi connectivity index (χ1v) is 9.89. The lowest BCUT2D eigenvalue weighted by Crippen LogP contribution is -2.30. The van der Waals surface area contributed by atoms with Gasteiger partial charge in [0.25, 0.3) is 5.91 Å². The second-order valence-electron chi connectivity index (χ2n) is 7.10. The van der Waals surface area contributed by atoms with E-state index in [0.717, 1.165) is 50.9 Å². The van der Waals surface area contributed by atoms with E-state index in [-0.39, 0.29) is 5.69 Å². The van der Waals surface area contributed by atoms with E-state index in [2.05, 4.69) is 5.32 Å². The number of ether oxygens (including phenoxy) is 1. The van der Waals surface area contributed by atoms with Crippen molar-refractivity contribution in [1.29, 1.82) is 0 Å². The molecule has 0 aliphatic carbocycles. The Morgan fingerprint density at radius 2 is 1.76 bits per heavy atom. The van der Waals surface area contributed by atoms with Crippen LogP contribution in [-0.2, 0) is 6.18 Å². The number of halogens is 3. The zero-order valence-corrected chi connectivity index (χ0v) is 16.4. The molecule has 0 radical (unpaired) electrons. The van der Waals surface area contributed by atoms with Crippen molar-refractivity contribution in [2.45, 2.75) is 38.8 Å². The Hall–Kier alpha value is -2.70. The van der Waals surface area contributed by atoms with E-state index in [1.54, 1.807) is 24.3 Å². The number of amides is 1. The van der Waals surface area contributed by atoms with Crippen LogP contribution in [0.4, 0.5) is 24.5 Å². The molecule has 1 aliphatic rings. The Bertz CT molecular complexity index is 829. The number of benzene rings is 2. The molecule has 1 saturated heterocycles. The van der Waals surface area contributed by atoms with Crippen molar-refractivity contribution >= 4 is 17.3 Å². The molecule has 3 rings (SSSR count). The van der Waals surface area contributed by atoms with Crippen LogP contribution in [-0.4, -0.2) is 25.6 Å². The molecule has 0 spiro atoms. The van der Waals surface area contributed by atoms with Gasteiger partial charge in [-0.05, 0) is 68.1 Å². The number of rotatable bonds is 6. The Labute approximate surface area is 168 Å². The standard InChI is InChI=1S/C22H25F3N2O2/c1-2-14-29-18-9-6-16(7-10-18)21(28)26-19-15-17(22(23,24)25)8-11-20(19)27-12-4-3-5-13-27/h6-11,15H,2-5,12-14H2,1H3,(H,26,28). The highest BCUT2D eigenvalue weighted by molar-refractivity contribution is 6.06. The number of nitrogens with zero attached hydrogens (tertiary/aromatic N) is 1. The van der Waals surface area contributed by atoms with Crippen molar-refractivity contribution in [2.24, 2.45) is 0 Å². The molecule has 1 N–H and O–H groups in total. The van der Waals surface area contributed by atoms with Gasteiger partial charge < -0.3 is 15.0 Å². The first kappa shape index (κ1) is 21.0. The second-order valence-corrected chi connectivity index (χ2v) is 7.10. The third-order valence-corrected chi connectivity index (χ3v) is 4.86. The minimum absolute atomic E-state index is 0.179. The van der Waals surface area contributed by atoms with E-state index in [1.165, 1.54) is 6.07 Å². The lowest BCUT2D eigenvalue weighted by molar-refractivity contribution is -0.137. The van der Waals surface area contributed by atoms with Gasteiger partial charge in [0.2, 0.25) is 0 Å². The third-order valence-electron chi connectivity index (χ3n) is 4.86. The molecule has 0 saturated carbocycles. The summed E-state index contributed by atoms with van der Waals surface area (Å²) in [7, 11) is 0. The average Bonchev–Trinajstić information content (AvgIpc) is 2.72. The van der Waals surface area contributed by atoms with E-state index in [1.807, 2.05) is 11.8 Å². The van der Waals surface area contributed by atoms with E-state index in [9.17, 15) is 18.0 Å². The largest absolute Gasteiger partial charge is 0.494 e. The summed E-state index contributed by atoms with van der Waals surface area (Å²) in [5, 5.41) is 2.68. The monoisotopic (exact) mass is 406 g/mol. The number of nitrogens with one attached hydrogen (secondary N) is 1. The zero-order valence-electron chi connectivity index (χ0n) is 16.4. The van der Waals surface area contributed by atoms with Crippen molar-refractivity contribution in [3.05, 3.63) is 53.6 Å². The van der Waals surface area contributed by atoms with Gasteiger partial charge in [0.1, 0.15) is 5.75 Å². The molecule has 1 aliphatic heterocycles. The minimum Gasteiger partial charge on any atom is -0.494 e. The molecule has 0 aromatic heterocycles. The predicted molar refractivity (Wildman–Crippen MR) is 108 cm³/mol. The summed E-state index contributed by atoms with van der Waals surface area (Å²) in [6.45, 7) is 4.10. The van der Waals surface area contributed by atoms with Crippen LogP contribution in [0, 0.1) is 0 Å². The molecular formula is C22H25F3N2O2. The Morgan fingerprint density at radius 1 is 1.07 bits per heavy atom. The van der Waals surface area contributed by atoms with Crippen LogP contribution in [0.15, 0.2) is 42.5 Å². The quantitative estimate of drug-likeness (QED) is 0.665. The normalized spacial score (nSPS) is 14.6. The van der Waals surface area contributed by atoms with Crippen molar-refractivity contribution in [2.75, 3.05) is 29.9 Å². The number of piperidine rings is 1. The molecule has 0 atom stereocenters. The number of hydrogen-bond donors (Lipinski definition) is 1. The molecule has 7 heteroatoms. The molecule has 1 heterocycles. The van der Waals surface area contributed by atoms with Gasteiger partial charge in [0.15, 0.2) is 0 Å². The van der Waals surface area contributed by atoms with Gasteiger partial charge in [-0.25, -0.2) is 0 Å². The lowest BCUT2D eigenvalue weighted by Gasteiger charge is -2.31. The molecule has 0 unspecified atom stereocenters. The summed E-state index contributed by atoms with van der Waals surface area (Å²) in [6, 6.07) is 10.1. The lowest BCUT2D eigenvalue weighted by atomic mass is 10.1. The summed E-state index contributed by atoms with van der Waals surface area (Å²) in [5.74, 6) is 0.195. The van der Waals surface area contributed by atoms with Crippen molar-refractivity contribution < 1.29 is 22.7 Å². The van der Waals surface area contributed by atoms with Gasteiger partial charge in [-0.3, -0.25) is 4.79 Å². The Balaban J connectivity index is 1.84. The van der Waals surface area contributed by atoms with Crippen LogP contribution < -0.4 is 15.0 Å². The fourth-order valence-electron chi connectivity index (χ4n) is 3.34. The number of carbonyl (C=O) groups excluding carboxylic acids is 1. The molecule has 4 nitrogen and oxygen atoms in total. The zero-order chi connectivity index (χ0) is 20.9. The molecule has 0 bridgehead atoms. The van der Waals surface area contributed by atoms with Gasteiger partial charge in [-0.2, -0.15) is 13.2 Å². The predicted octanol–water partition coefficient (Wildman–Crippen LogP) is 5.74. The molecule has 1 fully saturated rings. The SMILES string of the molecule is CCCOc1ccc(C(=O)Nc2cc(C(F)(F)F)ccc2N2CCCCC2)cc1. The van der Waals surface area contributed by atoms with E-state index in [0.29, 0.717) is 23.6 Å². The summed E-state index contributed by atoms with van der Waals surface area (Å²) in [5.41, 5.74) is 0.375. The highest BCUT2D eigenvalue weighted by Gasteiger charge is 2.32. The molecule has 2 aromatic rings. The highest BCUT2D eigenvalue weighted by Crippen LogP contribution is 2.36. The number of alkyl halides is 3. The van der Waals surface area contributed by atoms with Crippen LogP contribution in [0.1, 0.15) is 48.5 Å². The molecule has 1 amide bonds. The first-order valence-electron chi connectivity index (χ1n) is 9.89. The van der Waals surface area contributed by atoms with Crippen LogP contribution >= 0.6 is 0 Å². The third kappa shape index (κ3) is 5.43. The summed E-state index contributed by atoms with van der Waals surface area (Å²) in [6.07, 6.45) is -0.540. The molecule has 156 valence electrons. The maximum atomic E-state index is 13.2. The van der Waals surface area contributed by atoms with Crippen molar-refractivity contribution in [1.82, 2.24) is 0 Å². The highest BCUT2D eigenvalue weighted by atomic mass is 19.4. The number of hydrogen-bond acceptors (Lipinski definition) is 3. The van der Waals surface area contributed by atoms with E-state index in [4.69, 9.17) is 4.74 Å². The van der Waals surface area contributed by atoms with E-state index < -0.39 is 17.6 Å².